The molecule has 0 radical (unpaired) electrons. The topological polar surface area (TPSA) is 63.2 Å². The largest absolute Gasteiger partial charge is 0.497 e. The smallest absolute Gasteiger partial charge is 0.270 e. The van der Waals surface area contributed by atoms with Crippen LogP contribution in [0.2, 0.25) is 0 Å². The molecule has 0 saturated carbocycles. The van der Waals surface area contributed by atoms with E-state index in [-0.39, 0.29) is 5.91 Å². The van der Waals surface area contributed by atoms with Crippen LogP contribution in [0.5, 0.6) is 5.75 Å². The minimum Gasteiger partial charge on any atom is -0.497 e. The number of anilines is 2. The van der Waals surface area contributed by atoms with Crippen molar-refractivity contribution in [2.24, 2.45) is 0 Å². The van der Waals surface area contributed by atoms with Crippen LogP contribution in [0.1, 0.15) is 10.5 Å². The Bertz CT molecular complexity index is 641. The summed E-state index contributed by atoms with van der Waals surface area (Å²) in [5, 5.41) is 5.90. The van der Waals surface area contributed by atoms with Gasteiger partial charge in [0, 0.05) is 30.2 Å². The summed E-state index contributed by atoms with van der Waals surface area (Å²) in [4.78, 5) is 15.9. The molecule has 0 spiro atoms. The average Bonchev–Trinajstić information content (AvgIpc) is 2.53. The van der Waals surface area contributed by atoms with E-state index >= 15 is 0 Å². The van der Waals surface area contributed by atoms with E-state index in [4.69, 9.17) is 4.74 Å². The molecule has 1 aromatic carbocycles. The Morgan fingerprint density at radius 3 is 2.90 bits per heavy atom. The highest BCUT2D eigenvalue weighted by molar-refractivity contribution is 5.93. The normalized spacial score (nSPS) is 9.76. The third-order valence-electron chi connectivity index (χ3n) is 2.76. The summed E-state index contributed by atoms with van der Waals surface area (Å²) in [6.45, 7) is 3.97. The molecule has 108 valence electrons. The van der Waals surface area contributed by atoms with Gasteiger partial charge in [0.1, 0.15) is 11.4 Å². The second-order valence-corrected chi connectivity index (χ2v) is 4.29. The van der Waals surface area contributed by atoms with Gasteiger partial charge in [-0.3, -0.25) is 9.78 Å². The zero-order valence-corrected chi connectivity index (χ0v) is 11.8. The first-order valence-corrected chi connectivity index (χ1v) is 6.49. The van der Waals surface area contributed by atoms with E-state index in [1.54, 1.807) is 31.5 Å². The van der Waals surface area contributed by atoms with Crippen LogP contribution < -0.4 is 15.4 Å². The van der Waals surface area contributed by atoms with E-state index in [0.717, 1.165) is 17.1 Å². The molecule has 1 amide bonds. The molecule has 2 N–H and O–H groups in total. The summed E-state index contributed by atoms with van der Waals surface area (Å²) >= 11 is 0. The van der Waals surface area contributed by atoms with Gasteiger partial charge >= 0.3 is 0 Å². The molecule has 0 unspecified atom stereocenters. The molecule has 0 atom stereocenters. The van der Waals surface area contributed by atoms with E-state index < -0.39 is 0 Å². The SMILES string of the molecule is C=CCNC(=O)c1cc(Nc2cccc(OC)c2)ccn1. The van der Waals surface area contributed by atoms with Crippen LogP contribution >= 0.6 is 0 Å². The number of nitrogens with one attached hydrogen (secondary N) is 2. The van der Waals surface area contributed by atoms with Crippen molar-refractivity contribution in [2.45, 2.75) is 0 Å². The van der Waals surface area contributed by atoms with Crippen molar-refractivity contribution in [2.75, 3.05) is 19.0 Å². The summed E-state index contributed by atoms with van der Waals surface area (Å²) in [5.74, 6) is 0.530. The number of ether oxygens (including phenoxy) is 1. The highest BCUT2D eigenvalue weighted by Gasteiger charge is 2.07. The fourth-order valence-corrected chi connectivity index (χ4v) is 1.76. The quantitative estimate of drug-likeness (QED) is 0.800. The predicted molar refractivity (Wildman–Crippen MR) is 83.0 cm³/mol. The van der Waals surface area contributed by atoms with Gasteiger partial charge in [0.2, 0.25) is 0 Å². The van der Waals surface area contributed by atoms with Crippen LogP contribution in [0.25, 0.3) is 0 Å². The molecule has 0 saturated heterocycles. The molecule has 2 aromatic rings. The maximum absolute atomic E-state index is 11.8. The summed E-state index contributed by atoms with van der Waals surface area (Å²) in [5.41, 5.74) is 2.00. The van der Waals surface area contributed by atoms with E-state index in [1.165, 1.54) is 0 Å². The molecule has 0 fully saturated rings. The summed E-state index contributed by atoms with van der Waals surface area (Å²) < 4.78 is 5.17. The van der Waals surface area contributed by atoms with Gasteiger partial charge in [-0.15, -0.1) is 6.58 Å². The maximum atomic E-state index is 11.8. The minimum atomic E-state index is -0.232. The first-order valence-electron chi connectivity index (χ1n) is 6.49. The van der Waals surface area contributed by atoms with Crippen LogP contribution in [-0.4, -0.2) is 24.5 Å². The van der Waals surface area contributed by atoms with E-state index in [1.807, 2.05) is 24.3 Å². The number of hydrogen-bond donors (Lipinski definition) is 2. The molecule has 0 bridgehead atoms. The minimum absolute atomic E-state index is 0.232. The third-order valence-corrected chi connectivity index (χ3v) is 2.76. The van der Waals surface area contributed by atoms with Crippen LogP contribution in [-0.2, 0) is 0 Å². The van der Waals surface area contributed by atoms with Gasteiger partial charge in [0.05, 0.1) is 7.11 Å². The zero-order chi connectivity index (χ0) is 15.1. The van der Waals surface area contributed by atoms with Crippen molar-refractivity contribution in [3.8, 4) is 5.75 Å². The highest BCUT2D eigenvalue weighted by Crippen LogP contribution is 2.21. The summed E-state index contributed by atoms with van der Waals surface area (Å²) in [6, 6.07) is 11.0. The highest BCUT2D eigenvalue weighted by atomic mass is 16.5. The number of hydrogen-bond acceptors (Lipinski definition) is 4. The molecule has 0 aliphatic carbocycles. The third kappa shape index (κ3) is 4.07. The van der Waals surface area contributed by atoms with Crippen LogP contribution in [0.3, 0.4) is 0 Å². The molecule has 5 nitrogen and oxygen atoms in total. The van der Waals surface area contributed by atoms with Crippen molar-refractivity contribution >= 4 is 17.3 Å². The number of methoxy groups -OCH3 is 1. The Morgan fingerprint density at radius 2 is 2.14 bits per heavy atom. The summed E-state index contributed by atoms with van der Waals surface area (Å²) in [7, 11) is 1.62. The molecular weight excluding hydrogens is 266 g/mol. The van der Waals surface area contributed by atoms with Crippen molar-refractivity contribution in [1.82, 2.24) is 10.3 Å². The van der Waals surface area contributed by atoms with Gasteiger partial charge in [0.25, 0.3) is 5.91 Å². The number of carbonyl (C=O) groups is 1. The molecule has 1 aromatic heterocycles. The lowest BCUT2D eigenvalue weighted by atomic mass is 10.2. The Hall–Kier alpha value is -2.82. The van der Waals surface area contributed by atoms with Crippen LogP contribution in [0, 0.1) is 0 Å². The Morgan fingerprint density at radius 1 is 1.33 bits per heavy atom. The molecular formula is C16H17N3O2. The van der Waals surface area contributed by atoms with Crippen LogP contribution in [0.4, 0.5) is 11.4 Å². The Kier molecular flexibility index (Phi) is 4.93. The molecule has 2 rings (SSSR count). The van der Waals surface area contributed by atoms with Crippen molar-refractivity contribution in [3.05, 3.63) is 60.9 Å². The second kappa shape index (κ2) is 7.09. The van der Waals surface area contributed by atoms with Gasteiger partial charge in [0.15, 0.2) is 0 Å². The second-order valence-electron chi connectivity index (χ2n) is 4.29. The molecule has 0 aliphatic rings. The molecule has 21 heavy (non-hydrogen) atoms. The van der Waals surface area contributed by atoms with E-state index in [9.17, 15) is 4.79 Å². The first kappa shape index (κ1) is 14.6. The zero-order valence-electron chi connectivity index (χ0n) is 11.8. The fourth-order valence-electron chi connectivity index (χ4n) is 1.76. The number of pyridine rings is 1. The van der Waals surface area contributed by atoms with Gasteiger partial charge in [-0.25, -0.2) is 0 Å². The van der Waals surface area contributed by atoms with Crippen molar-refractivity contribution < 1.29 is 9.53 Å². The standard InChI is InChI=1S/C16H17N3O2/c1-3-8-18-16(20)15-11-13(7-9-17-15)19-12-5-4-6-14(10-12)21-2/h3-7,9-11H,1,8H2,2H3,(H,17,19)(H,18,20). The molecule has 5 heteroatoms. The van der Waals surface area contributed by atoms with Gasteiger partial charge < -0.3 is 15.4 Å². The fraction of sp³-hybridized carbons (Fsp3) is 0.125. The number of carbonyl (C=O) groups excluding carboxylic acids is 1. The summed E-state index contributed by atoms with van der Waals surface area (Å²) in [6.07, 6.45) is 3.21. The number of nitrogens with zero attached hydrogens (tertiary/aromatic N) is 1. The maximum Gasteiger partial charge on any atom is 0.270 e. The van der Waals surface area contributed by atoms with E-state index in [2.05, 4.69) is 22.2 Å². The van der Waals surface area contributed by atoms with Crippen molar-refractivity contribution in [3.63, 3.8) is 0 Å². The average molecular weight is 283 g/mol. The van der Waals surface area contributed by atoms with E-state index in [0.29, 0.717) is 12.2 Å². The lowest BCUT2D eigenvalue weighted by Gasteiger charge is -2.09. The predicted octanol–water partition coefficient (Wildman–Crippen LogP) is 2.75. The Labute approximate surface area is 123 Å². The lowest BCUT2D eigenvalue weighted by Crippen LogP contribution is -2.24. The molecule has 1 heterocycles. The lowest BCUT2D eigenvalue weighted by molar-refractivity contribution is 0.0953. The Balaban J connectivity index is 2.13. The molecule has 0 aliphatic heterocycles. The first-order chi connectivity index (χ1) is 10.2. The number of benzene rings is 1. The number of rotatable bonds is 6. The van der Waals surface area contributed by atoms with Crippen molar-refractivity contribution in [1.29, 1.82) is 0 Å². The van der Waals surface area contributed by atoms with Gasteiger partial charge in [-0.2, -0.15) is 0 Å². The van der Waals surface area contributed by atoms with Crippen LogP contribution in [0.15, 0.2) is 55.3 Å². The van der Waals surface area contributed by atoms with Gasteiger partial charge in [-0.1, -0.05) is 12.1 Å². The van der Waals surface area contributed by atoms with Gasteiger partial charge in [-0.05, 0) is 24.3 Å². The monoisotopic (exact) mass is 283 g/mol. The number of aromatic nitrogens is 1. The number of amides is 1.